The Balaban J connectivity index is 0.00000113. The van der Waals surface area contributed by atoms with E-state index in [0.717, 1.165) is 43.5 Å². The zero-order valence-corrected chi connectivity index (χ0v) is 15.7. The lowest BCUT2D eigenvalue weighted by atomic mass is 9.88. The molecule has 2 fully saturated rings. The Morgan fingerprint density at radius 1 is 1.08 bits per heavy atom. The smallest absolute Gasteiger partial charge is 0.274 e. The number of nitrogens with one attached hydrogen (secondary N) is 1. The van der Waals surface area contributed by atoms with Gasteiger partial charge in [-0.2, -0.15) is 0 Å². The minimum absolute atomic E-state index is 0. The van der Waals surface area contributed by atoms with Crippen molar-refractivity contribution in [3.05, 3.63) is 36.2 Å². The topological polar surface area (TPSA) is 58.1 Å². The highest BCUT2D eigenvalue weighted by molar-refractivity contribution is 5.93. The van der Waals surface area contributed by atoms with Crippen LogP contribution >= 0.6 is 24.8 Å². The average Bonchev–Trinajstić information content (AvgIpc) is 3.15. The van der Waals surface area contributed by atoms with Crippen molar-refractivity contribution >= 4 is 41.8 Å². The van der Waals surface area contributed by atoms with E-state index < -0.39 is 0 Å². The van der Waals surface area contributed by atoms with Crippen LogP contribution in [0.25, 0.3) is 11.0 Å². The van der Waals surface area contributed by atoms with Crippen LogP contribution in [0.3, 0.4) is 0 Å². The largest absolute Gasteiger partial charge is 0.337 e. The number of hydrogen-bond donors (Lipinski definition) is 1. The second-order valence-corrected chi connectivity index (χ2v) is 6.58. The first-order valence-corrected chi connectivity index (χ1v) is 8.56. The summed E-state index contributed by atoms with van der Waals surface area (Å²) in [5, 5.41) is 3.60. The Morgan fingerprint density at radius 3 is 2.48 bits per heavy atom. The number of piperidine rings is 1. The summed E-state index contributed by atoms with van der Waals surface area (Å²) in [7, 11) is 0. The van der Waals surface area contributed by atoms with Crippen molar-refractivity contribution in [3.63, 3.8) is 0 Å². The van der Waals surface area contributed by atoms with Crippen LogP contribution in [0.1, 0.15) is 36.2 Å². The van der Waals surface area contributed by atoms with E-state index >= 15 is 0 Å². The van der Waals surface area contributed by atoms with Crippen molar-refractivity contribution < 1.29 is 4.79 Å². The van der Waals surface area contributed by atoms with Gasteiger partial charge >= 0.3 is 0 Å². The summed E-state index contributed by atoms with van der Waals surface area (Å²) in [5.74, 6) is 0.727. The van der Waals surface area contributed by atoms with Gasteiger partial charge in [-0.3, -0.25) is 9.78 Å². The minimum Gasteiger partial charge on any atom is -0.337 e. The van der Waals surface area contributed by atoms with Crippen molar-refractivity contribution in [1.29, 1.82) is 0 Å². The Bertz CT molecular complexity index is 713. The molecule has 2 aliphatic heterocycles. The van der Waals surface area contributed by atoms with Gasteiger partial charge in [0.25, 0.3) is 5.91 Å². The number of amides is 1. The van der Waals surface area contributed by atoms with E-state index in [9.17, 15) is 4.79 Å². The molecule has 2 saturated heterocycles. The van der Waals surface area contributed by atoms with Crippen LogP contribution in [0.15, 0.2) is 30.5 Å². The molecule has 0 bridgehead atoms. The molecular weight excluding hydrogens is 359 g/mol. The number of hydrogen-bond acceptors (Lipinski definition) is 4. The van der Waals surface area contributed by atoms with Crippen LogP contribution in [0.5, 0.6) is 0 Å². The van der Waals surface area contributed by atoms with Crippen LogP contribution in [0.2, 0.25) is 0 Å². The lowest BCUT2D eigenvalue weighted by molar-refractivity contribution is 0.0668. The van der Waals surface area contributed by atoms with Crippen LogP contribution in [-0.2, 0) is 0 Å². The first kappa shape index (κ1) is 19.9. The molecule has 1 amide bonds. The quantitative estimate of drug-likeness (QED) is 0.866. The summed E-state index contributed by atoms with van der Waals surface area (Å²) in [4.78, 5) is 23.4. The predicted molar refractivity (Wildman–Crippen MR) is 104 cm³/mol. The molecule has 2 aromatic rings. The van der Waals surface area contributed by atoms with Crippen molar-refractivity contribution in [1.82, 2.24) is 20.2 Å². The zero-order chi connectivity index (χ0) is 15.6. The second-order valence-electron chi connectivity index (χ2n) is 6.58. The summed E-state index contributed by atoms with van der Waals surface area (Å²) >= 11 is 0. The van der Waals surface area contributed by atoms with Gasteiger partial charge in [0, 0.05) is 19.1 Å². The predicted octanol–water partition coefficient (Wildman–Crippen LogP) is 3.08. The molecule has 1 atom stereocenters. The van der Waals surface area contributed by atoms with Crippen molar-refractivity contribution in [2.45, 2.75) is 31.7 Å². The third kappa shape index (κ3) is 4.22. The molecule has 0 spiro atoms. The number of carbonyl (C=O) groups is 1. The molecule has 2 aliphatic rings. The average molecular weight is 383 g/mol. The highest BCUT2D eigenvalue weighted by Crippen LogP contribution is 2.26. The van der Waals surface area contributed by atoms with E-state index in [1.165, 1.54) is 12.8 Å². The molecule has 0 aliphatic carbocycles. The second kappa shape index (κ2) is 8.79. The Morgan fingerprint density at radius 2 is 1.80 bits per heavy atom. The maximum Gasteiger partial charge on any atom is 0.274 e. The van der Waals surface area contributed by atoms with Crippen LogP contribution in [0, 0.1) is 5.92 Å². The number of benzene rings is 1. The molecule has 25 heavy (non-hydrogen) atoms. The van der Waals surface area contributed by atoms with Gasteiger partial charge in [-0.1, -0.05) is 12.1 Å². The molecule has 1 N–H and O–H groups in total. The van der Waals surface area contributed by atoms with Gasteiger partial charge in [-0.15, -0.1) is 24.8 Å². The number of nitrogens with zero attached hydrogens (tertiary/aromatic N) is 3. The highest BCUT2D eigenvalue weighted by atomic mass is 35.5. The van der Waals surface area contributed by atoms with Gasteiger partial charge in [0.2, 0.25) is 0 Å². The summed E-state index contributed by atoms with van der Waals surface area (Å²) in [6.45, 7) is 2.81. The van der Waals surface area contributed by atoms with Gasteiger partial charge in [-0.05, 0) is 50.3 Å². The molecular formula is C18H24Cl2N4O. The van der Waals surface area contributed by atoms with Gasteiger partial charge in [-0.25, -0.2) is 4.98 Å². The molecule has 5 nitrogen and oxygen atoms in total. The van der Waals surface area contributed by atoms with Gasteiger partial charge in [0.05, 0.1) is 17.2 Å². The van der Waals surface area contributed by atoms with Crippen LogP contribution < -0.4 is 5.32 Å². The number of aromatic nitrogens is 2. The lowest BCUT2D eigenvalue weighted by Crippen LogP contribution is -2.43. The van der Waals surface area contributed by atoms with E-state index in [-0.39, 0.29) is 30.7 Å². The van der Waals surface area contributed by atoms with Crippen LogP contribution in [-0.4, -0.2) is 46.5 Å². The van der Waals surface area contributed by atoms with Crippen molar-refractivity contribution in [2.24, 2.45) is 5.92 Å². The Hall–Kier alpha value is -1.43. The van der Waals surface area contributed by atoms with Gasteiger partial charge < -0.3 is 10.2 Å². The summed E-state index contributed by atoms with van der Waals surface area (Å²) in [6, 6.07) is 8.33. The lowest BCUT2D eigenvalue weighted by Gasteiger charge is -2.34. The van der Waals surface area contributed by atoms with E-state index in [4.69, 9.17) is 0 Å². The first-order chi connectivity index (χ1) is 11.3. The fourth-order valence-electron chi connectivity index (χ4n) is 3.84. The molecule has 7 heteroatoms. The SMILES string of the molecule is Cl.Cl.O=C(c1cnc2ccccc2n1)N1CCC(C2CCCN2)CC1. The number of fused-ring (bicyclic) bond motifs is 1. The fraction of sp³-hybridized carbons (Fsp3) is 0.500. The summed E-state index contributed by atoms with van der Waals surface area (Å²) in [6.07, 6.45) is 6.36. The summed E-state index contributed by atoms with van der Waals surface area (Å²) < 4.78 is 0. The van der Waals surface area contributed by atoms with Gasteiger partial charge in [0.1, 0.15) is 5.69 Å². The Labute approximate surface area is 160 Å². The minimum atomic E-state index is 0. The van der Waals surface area contributed by atoms with Gasteiger partial charge in [0.15, 0.2) is 0 Å². The molecule has 1 aromatic carbocycles. The normalized spacial score (nSPS) is 20.8. The summed E-state index contributed by atoms with van der Waals surface area (Å²) in [5.41, 5.74) is 2.07. The van der Waals surface area contributed by atoms with E-state index in [1.807, 2.05) is 29.2 Å². The fourth-order valence-corrected chi connectivity index (χ4v) is 3.84. The van der Waals surface area contributed by atoms with E-state index in [2.05, 4.69) is 15.3 Å². The Kier molecular flexibility index (Phi) is 6.99. The van der Waals surface area contributed by atoms with Crippen molar-refractivity contribution in [3.8, 4) is 0 Å². The molecule has 0 saturated carbocycles. The van der Waals surface area contributed by atoms with E-state index in [1.54, 1.807) is 6.20 Å². The maximum absolute atomic E-state index is 12.7. The monoisotopic (exact) mass is 382 g/mol. The molecule has 136 valence electrons. The molecule has 0 radical (unpaired) electrons. The number of carbonyl (C=O) groups excluding carboxylic acids is 1. The van der Waals surface area contributed by atoms with Crippen molar-refractivity contribution in [2.75, 3.05) is 19.6 Å². The number of rotatable bonds is 2. The number of likely N-dealkylation sites (tertiary alicyclic amines) is 1. The standard InChI is InChI=1S/C18H22N4O.2ClH/c23-18(17-12-20-15-4-1-2-5-16(15)21-17)22-10-7-13(8-11-22)14-6-3-9-19-14;;/h1-2,4-5,12-14,19H,3,6-11H2;2*1H. The number of halogens is 2. The molecule has 1 aromatic heterocycles. The first-order valence-electron chi connectivity index (χ1n) is 8.56. The molecule has 3 heterocycles. The van der Waals surface area contributed by atoms with Crippen LogP contribution in [0.4, 0.5) is 0 Å². The van der Waals surface area contributed by atoms with E-state index in [0.29, 0.717) is 17.7 Å². The maximum atomic E-state index is 12.7. The third-order valence-electron chi connectivity index (χ3n) is 5.16. The third-order valence-corrected chi connectivity index (χ3v) is 5.16. The molecule has 1 unspecified atom stereocenters. The highest BCUT2D eigenvalue weighted by Gasteiger charge is 2.30. The molecule has 4 rings (SSSR count). The zero-order valence-electron chi connectivity index (χ0n) is 14.1. The number of para-hydroxylation sites is 2.